The number of hydrogen-bond acceptors (Lipinski definition) is 4. The Morgan fingerprint density at radius 2 is 2.00 bits per heavy atom. The van der Waals surface area contributed by atoms with Crippen LogP contribution in [0.1, 0.15) is 37.7 Å². The number of carbonyl (C=O) groups excluding carboxylic acids is 1. The highest BCUT2D eigenvalue weighted by atomic mass is 16.5. The minimum Gasteiger partial charge on any atom is -0.497 e. The average molecular weight is 347 g/mol. The molecule has 5 heteroatoms. The molecule has 1 amide bonds. The molecular formula is C20H29NO4. The molecule has 0 aromatic heterocycles. The lowest BCUT2D eigenvalue weighted by Crippen LogP contribution is -2.50. The predicted octanol–water partition coefficient (Wildman–Crippen LogP) is 3.05. The number of methoxy groups -OCH3 is 3. The van der Waals surface area contributed by atoms with E-state index in [9.17, 15) is 4.79 Å². The van der Waals surface area contributed by atoms with E-state index in [2.05, 4.69) is 0 Å². The molecule has 0 radical (unpaired) electrons. The van der Waals surface area contributed by atoms with Crippen LogP contribution in [0.4, 0.5) is 0 Å². The second kappa shape index (κ2) is 7.65. The third-order valence-electron chi connectivity index (χ3n) is 5.91. The number of carbonyl (C=O) groups is 1. The Labute approximate surface area is 150 Å². The molecule has 1 heterocycles. The zero-order valence-electron chi connectivity index (χ0n) is 15.5. The Bertz CT molecular complexity index is 618. The fourth-order valence-corrected chi connectivity index (χ4v) is 4.59. The molecule has 5 nitrogen and oxygen atoms in total. The minimum atomic E-state index is 0.159. The highest BCUT2D eigenvalue weighted by Gasteiger charge is 2.46. The van der Waals surface area contributed by atoms with Crippen LogP contribution in [0, 0.1) is 5.41 Å². The van der Waals surface area contributed by atoms with Crippen LogP contribution in [-0.4, -0.2) is 51.3 Å². The maximum absolute atomic E-state index is 12.9. The summed E-state index contributed by atoms with van der Waals surface area (Å²) >= 11 is 0. The van der Waals surface area contributed by atoms with Crippen LogP contribution in [0.5, 0.6) is 11.5 Å². The van der Waals surface area contributed by atoms with Crippen molar-refractivity contribution in [1.82, 2.24) is 4.90 Å². The van der Waals surface area contributed by atoms with Crippen LogP contribution in [-0.2, 0) is 16.0 Å². The Hall–Kier alpha value is -1.75. The van der Waals surface area contributed by atoms with Crippen LogP contribution >= 0.6 is 0 Å². The molecule has 138 valence electrons. The number of ether oxygens (including phenoxy) is 3. The number of nitrogens with zero attached hydrogens (tertiary/aromatic N) is 1. The molecule has 1 saturated heterocycles. The normalized spacial score (nSPS) is 26.0. The quantitative estimate of drug-likeness (QED) is 0.821. The second-order valence-electron chi connectivity index (χ2n) is 7.25. The van der Waals surface area contributed by atoms with Crippen LogP contribution in [0.3, 0.4) is 0 Å². The Kier molecular flexibility index (Phi) is 5.52. The van der Waals surface area contributed by atoms with Crippen LogP contribution < -0.4 is 9.47 Å². The lowest BCUT2D eigenvalue weighted by molar-refractivity contribution is -0.136. The maximum Gasteiger partial charge on any atom is 0.227 e. The third kappa shape index (κ3) is 3.61. The Morgan fingerprint density at radius 1 is 1.20 bits per heavy atom. The number of hydrogen-bond donors (Lipinski definition) is 0. The van der Waals surface area contributed by atoms with Gasteiger partial charge in [-0.3, -0.25) is 4.79 Å². The fourth-order valence-electron chi connectivity index (χ4n) is 4.59. The van der Waals surface area contributed by atoms with E-state index < -0.39 is 0 Å². The molecule has 2 aliphatic rings. The van der Waals surface area contributed by atoms with Crippen molar-refractivity contribution in [1.29, 1.82) is 0 Å². The van der Waals surface area contributed by atoms with E-state index in [4.69, 9.17) is 14.2 Å². The summed E-state index contributed by atoms with van der Waals surface area (Å²) in [6, 6.07) is 5.63. The monoisotopic (exact) mass is 347 g/mol. The van der Waals surface area contributed by atoms with Crippen LogP contribution in [0.15, 0.2) is 18.2 Å². The zero-order valence-corrected chi connectivity index (χ0v) is 15.5. The Morgan fingerprint density at radius 3 is 2.72 bits per heavy atom. The highest BCUT2D eigenvalue weighted by Crippen LogP contribution is 2.46. The van der Waals surface area contributed by atoms with Crippen molar-refractivity contribution in [2.75, 3.05) is 34.4 Å². The third-order valence-corrected chi connectivity index (χ3v) is 5.91. The average Bonchev–Trinajstić information content (AvgIpc) is 3.03. The van der Waals surface area contributed by atoms with Gasteiger partial charge in [-0.25, -0.2) is 0 Å². The minimum absolute atomic E-state index is 0.159. The first-order valence-electron chi connectivity index (χ1n) is 9.13. The van der Waals surface area contributed by atoms with Crippen molar-refractivity contribution in [2.24, 2.45) is 5.41 Å². The molecule has 0 N–H and O–H groups in total. The molecule has 2 atom stereocenters. The van der Waals surface area contributed by atoms with Crippen molar-refractivity contribution < 1.29 is 19.0 Å². The van der Waals surface area contributed by atoms with E-state index in [1.165, 1.54) is 19.3 Å². The van der Waals surface area contributed by atoms with Gasteiger partial charge in [0.15, 0.2) is 0 Å². The largest absolute Gasteiger partial charge is 0.497 e. The lowest BCUT2D eigenvalue weighted by atomic mass is 9.76. The van der Waals surface area contributed by atoms with Crippen molar-refractivity contribution in [3.63, 3.8) is 0 Å². The molecule has 1 aromatic rings. The predicted molar refractivity (Wildman–Crippen MR) is 96.1 cm³/mol. The van der Waals surface area contributed by atoms with Gasteiger partial charge in [0.05, 0.1) is 26.7 Å². The first-order chi connectivity index (χ1) is 12.1. The van der Waals surface area contributed by atoms with Gasteiger partial charge < -0.3 is 19.1 Å². The summed E-state index contributed by atoms with van der Waals surface area (Å²) in [7, 11) is 5.06. The molecule has 1 aliphatic carbocycles. The van der Waals surface area contributed by atoms with E-state index in [0.717, 1.165) is 37.2 Å². The van der Waals surface area contributed by atoms with Crippen molar-refractivity contribution >= 4 is 5.91 Å². The second-order valence-corrected chi connectivity index (χ2v) is 7.25. The van der Waals surface area contributed by atoms with E-state index in [1.807, 2.05) is 23.1 Å². The standard InChI is InChI=1S/C20H29NO4/c1-23-16-8-7-15(17(13-16)24-2)12-19(22)21-11-5-10-20(14-21)9-4-6-18(20)25-3/h7-8,13,18H,4-6,9-12,14H2,1-3H3/t18-,20-/m1/s1. The van der Waals surface area contributed by atoms with Crippen LogP contribution in [0.2, 0.25) is 0 Å². The molecule has 2 fully saturated rings. The Balaban J connectivity index is 1.71. The van der Waals surface area contributed by atoms with Gasteiger partial charge in [0, 0.05) is 37.2 Å². The van der Waals surface area contributed by atoms with Gasteiger partial charge in [0.2, 0.25) is 5.91 Å². The molecule has 3 rings (SSSR count). The summed E-state index contributed by atoms with van der Waals surface area (Å²) in [6.45, 7) is 1.66. The molecule has 1 saturated carbocycles. The van der Waals surface area contributed by atoms with Gasteiger partial charge in [-0.05, 0) is 31.7 Å². The molecule has 0 unspecified atom stereocenters. The lowest BCUT2D eigenvalue weighted by Gasteiger charge is -2.43. The van der Waals surface area contributed by atoms with Gasteiger partial charge in [0.1, 0.15) is 11.5 Å². The number of piperidine rings is 1. The molecule has 1 aliphatic heterocycles. The number of rotatable bonds is 5. The molecule has 1 aromatic carbocycles. The maximum atomic E-state index is 12.9. The zero-order chi connectivity index (χ0) is 17.9. The summed E-state index contributed by atoms with van der Waals surface area (Å²) in [6.07, 6.45) is 6.37. The van der Waals surface area contributed by atoms with E-state index in [1.54, 1.807) is 21.3 Å². The van der Waals surface area contributed by atoms with Gasteiger partial charge in [-0.2, -0.15) is 0 Å². The van der Waals surface area contributed by atoms with Gasteiger partial charge in [-0.1, -0.05) is 12.5 Å². The smallest absolute Gasteiger partial charge is 0.227 e. The van der Waals surface area contributed by atoms with E-state index >= 15 is 0 Å². The number of likely N-dealkylation sites (tertiary alicyclic amines) is 1. The van der Waals surface area contributed by atoms with E-state index in [0.29, 0.717) is 18.3 Å². The van der Waals surface area contributed by atoms with Crippen molar-refractivity contribution in [2.45, 2.75) is 44.6 Å². The van der Waals surface area contributed by atoms with Crippen molar-refractivity contribution in [3.8, 4) is 11.5 Å². The molecule has 25 heavy (non-hydrogen) atoms. The highest BCUT2D eigenvalue weighted by molar-refractivity contribution is 5.79. The summed E-state index contributed by atoms with van der Waals surface area (Å²) in [5.74, 6) is 1.61. The number of amides is 1. The summed E-state index contributed by atoms with van der Waals surface area (Å²) in [5.41, 5.74) is 1.06. The van der Waals surface area contributed by atoms with Crippen LogP contribution in [0.25, 0.3) is 0 Å². The van der Waals surface area contributed by atoms with Gasteiger partial charge in [-0.15, -0.1) is 0 Å². The van der Waals surface area contributed by atoms with Gasteiger partial charge in [0.25, 0.3) is 0 Å². The summed E-state index contributed by atoms with van der Waals surface area (Å²) < 4.78 is 16.4. The molecule has 1 spiro atoms. The SMILES string of the molecule is COc1ccc(CC(=O)N2CCC[C@]3(CCC[C@H]3OC)C2)c(OC)c1. The summed E-state index contributed by atoms with van der Waals surface area (Å²) in [4.78, 5) is 15.0. The van der Waals surface area contributed by atoms with Crippen molar-refractivity contribution in [3.05, 3.63) is 23.8 Å². The number of benzene rings is 1. The molecular weight excluding hydrogens is 318 g/mol. The topological polar surface area (TPSA) is 48.0 Å². The first kappa shape index (κ1) is 18.1. The van der Waals surface area contributed by atoms with Gasteiger partial charge >= 0.3 is 0 Å². The first-order valence-corrected chi connectivity index (χ1v) is 9.13. The van der Waals surface area contributed by atoms with E-state index in [-0.39, 0.29) is 11.3 Å². The molecule has 0 bridgehead atoms. The summed E-state index contributed by atoms with van der Waals surface area (Å²) in [5, 5.41) is 0. The fraction of sp³-hybridized carbons (Fsp3) is 0.650.